The quantitative estimate of drug-likeness (QED) is 0.820. The van der Waals surface area contributed by atoms with Gasteiger partial charge in [-0.15, -0.1) is 0 Å². The van der Waals surface area contributed by atoms with Crippen molar-refractivity contribution in [2.24, 2.45) is 5.41 Å². The van der Waals surface area contributed by atoms with E-state index in [0.29, 0.717) is 18.9 Å². The topological polar surface area (TPSA) is 50.1 Å². The van der Waals surface area contributed by atoms with E-state index in [1.54, 1.807) is 0 Å². The van der Waals surface area contributed by atoms with Crippen molar-refractivity contribution in [2.45, 2.75) is 38.8 Å². The van der Waals surface area contributed by atoms with Crippen LogP contribution in [0.3, 0.4) is 0 Å². The van der Waals surface area contributed by atoms with Crippen LogP contribution in [0.15, 0.2) is 12.4 Å². The summed E-state index contributed by atoms with van der Waals surface area (Å²) < 4.78 is 26.0. The molecule has 0 spiro atoms. The lowest BCUT2D eigenvalue weighted by molar-refractivity contribution is 0.0661. The number of hydrogen-bond acceptors (Lipinski definition) is 3. The third-order valence-corrected chi connectivity index (χ3v) is 3.74. The Kier molecular flexibility index (Phi) is 4.29. The van der Waals surface area contributed by atoms with Crippen molar-refractivity contribution >= 4 is 0 Å². The molecule has 0 atom stereocenters. The molecule has 1 aliphatic rings. The second-order valence-corrected chi connectivity index (χ2v) is 5.00. The van der Waals surface area contributed by atoms with E-state index < -0.39 is 6.55 Å². The summed E-state index contributed by atoms with van der Waals surface area (Å²) >= 11 is 0. The Morgan fingerprint density at radius 3 is 2.78 bits per heavy atom. The van der Waals surface area contributed by atoms with Crippen LogP contribution in [0.4, 0.5) is 8.78 Å². The Labute approximate surface area is 105 Å². The van der Waals surface area contributed by atoms with Gasteiger partial charge >= 0.3 is 6.55 Å². The van der Waals surface area contributed by atoms with E-state index in [0.717, 1.165) is 30.3 Å². The molecule has 102 valence electrons. The Balaban J connectivity index is 1.86. The molecule has 1 aliphatic carbocycles. The second kappa shape index (κ2) is 5.75. The van der Waals surface area contributed by atoms with Gasteiger partial charge in [-0.25, -0.2) is 4.98 Å². The predicted molar refractivity (Wildman–Crippen MR) is 63.2 cm³/mol. The van der Waals surface area contributed by atoms with Crippen LogP contribution in [0, 0.1) is 5.41 Å². The molecule has 1 aromatic heterocycles. The molecule has 0 aliphatic heterocycles. The number of imidazole rings is 1. The maximum Gasteiger partial charge on any atom is 0.319 e. The van der Waals surface area contributed by atoms with Gasteiger partial charge in [0, 0.05) is 31.0 Å². The number of halogens is 2. The molecule has 1 fully saturated rings. The molecule has 1 heterocycles. The lowest BCUT2D eigenvalue weighted by Crippen LogP contribution is -2.35. The van der Waals surface area contributed by atoms with Crippen LogP contribution < -0.4 is 5.32 Å². The minimum Gasteiger partial charge on any atom is -0.396 e. The SMILES string of the molecule is OCC1(CNCc2nccn2C(F)F)CCCC1. The number of aliphatic hydroxyl groups is 1. The second-order valence-electron chi connectivity index (χ2n) is 5.00. The summed E-state index contributed by atoms with van der Waals surface area (Å²) in [5.74, 6) is 0.330. The summed E-state index contributed by atoms with van der Waals surface area (Å²) in [6, 6.07) is 0. The van der Waals surface area contributed by atoms with Crippen molar-refractivity contribution < 1.29 is 13.9 Å². The zero-order valence-electron chi connectivity index (χ0n) is 10.3. The highest BCUT2D eigenvalue weighted by Gasteiger charge is 2.32. The molecule has 2 N–H and O–H groups in total. The van der Waals surface area contributed by atoms with Crippen molar-refractivity contribution in [3.63, 3.8) is 0 Å². The van der Waals surface area contributed by atoms with E-state index in [1.807, 2.05) is 0 Å². The summed E-state index contributed by atoms with van der Waals surface area (Å²) in [4.78, 5) is 3.91. The monoisotopic (exact) mass is 259 g/mol. The van der Waals surface area contributed by atoms with Crippen LogP contribution in [-0.2, 0) is 6.54 Å². The molecule has 2 rings (SSSR count). The molecular weight excluding hydrogens is 240 g/mol. The first-order chi connectivity index (χ1) is 8.67. The fraction of sp³-hybridized carbons (Fsp3) is 0.750. The van der Waals surface area contributed by atoms with Crippen LogP contribution >= 0.6 is 0 Å². The number of nitrogens with zero attached hydrogens (tertiary/aromatic N) is 2. The molecule has 0 radical (unpaired) electrons. The number of alkyl halides is 2. The van der Waals surface area contributed by atoms with Gasteiger partial charge in [-0.05, 0) is 12.8 Å². The number of hydrogen-bond donors (Lipinski definition) is 2. The molecule has 0 aromatic carbocycles. The van der Waals surface area contributed by atoms with E-state index >= 15 is 0 Å². The van der Waals surface area contributed by atoms with E-state index in [9.17, 15) is 13.9 Å². The van der Waals surface area contributed by atoms with Gasteiger partial charge in [-0.3, -0.25) is 4.57 Å². The predicted octanol–water partition coefficient (Wildman–Crippen LogP) is 1.92. The highest BCUT2D eigenvalue weighted by molar-refractivity contribution is 4.93. The van der Waals surface area contributed by atoms with Crippen molar-refractivity contribution in [2.75, 3.05) is 13.2 Å². The lowest BCUT2D eigenvalue weighted by atomic mass is 9.87. The molecule has 0 amide bonds. The van der Waals surface area contributed by atoms with E-state index in [1.165, 1.54) is 12.4 Å². The maximum atomic E-state index is 12.6. The maximum absolute atomic E-state index is 12.6. The minimum atomic E-state index is -2.55. The Bertz CT molecular complexity index is 375. The highest BCUT2D eigenvalue weighted by Crippen LogP contribution is 2.36. The first-order valence-electron chi connectivity index (χ1n) is 6.28. The standard InChI is InChI=1S/C12H19F2N3O/c13-11(14)17-6-5-16-10(17)7-15-8-12(9-18)3-1-2-4-12/h5-6,11,15,18H,1-4,7-9H2. The molecule has 18 heavy (non-hydrogen) atoms. The number of rotatable bonds is 6. The van der Waals surface area contributed by atoms with Crippen LogP contribution in [0.25, 0.3) is 0 Å². The fourth-order valence-electron chi connectivity index (χ4n) is 2.61. The van der Waals surface area contributed by atoms with Crippen LogP contribution in [-0.4, -0.2) is 27.8 Å². The smallest absolute Gasteiger partial charge is 0.319 e. The van der Waals surface area contributed by atoms with E-state index in [-0.39, 0.29) is 12.0 Å². The van der Waals surface area contributed by atoms with Crippen LogP contribution in [0.2, 0.25) is 0 Å². The van der Waals surface area contributed by atoms with E-state index in [4.69, 9.17) is 0 Å². The van der Waals surface area contributed by atoms with Crippen LogP contribution in [0.1, 0.15) is 38.1 Å². The third-order valence-electron chi connectivity index (χ3n) is 3.74. The number of nitrogens with one attached hydrogen (secondary N) is 1. The summed E-state index contributed by atoms with van der Waals surface area (Å²) in [6.45, 7) is -1.44. The van der Waals surface area contributed by atoms with Gasteiger partial charge in [-0.1, -0.05) is 12.8 Å². The first kappa shape index (κ1) is 13.4. The van der Waals surface area contributed by atoms with Gasteiger partial charge in [0.1, 0.15) is 5.82 Å². The molecule has 1 aromatic rings. The van der Waals surface area contributed by atoms with Crippen LogP contribution in [0.5, 0.6) is 0 Å². The van der Waals surface area contributed by atoms with Crippen molar-refractivity contribution in [3.8, 4) is 0 Å². The first-order valence-corrected chi connectivity index (χ1v) is 6.28. The zero-order chi connectivity index (χ0) is 13.0. The van der Waals surface area contributed by atoms with Gasteiger partial charge < -0.3 is 10.4 Å². The number of aliphatic hydroxyl groups excluding tert-OH is 1. The summed E-state index contributed by atoms with van der Waals surface area (Å²) in [6.07, 6.45) is 6.92. The molecule has 6 heteroatoms. The highest BCUT2D eigenvalue weighted by atomic mass is 19.3. The molecule has 1 saturated carbocycles. The Morgan fingerprint density at radius 2 is 2.17 bits per heavy atom. The summed E-state index contributed by atoms with van der Waals surface area (Å²) in [5.41, 5.74) is -0.0672. The van der Waals surface area contributed by atoms with Gasteiger partial charge in [-0.2, -0.15) is 8.78 Å². The van der Waals surface area contributed by atoms with Crippen molar-refractivity contribution in [3.05, 3.63) is 18.2 Å². The summed E-state index contributed by atoms with van der Waals surface area (Å²) in [7, 11) is 0. The molecule has 0 saturated heterocycles. The Hall–Kier alpha value is -1.01. The van der Waals surface area contributed by atoms with E-state index in [2.05, 4.69) is 10.3 Å². The van der Waals surface area contributed by atoms with Gasteiger partial charge in [0.25, 0.3) is 0 Å². The van der Waals surface area contributed by atoms with Gasteiger partial charge in [0.15, 0.2) is 0 Å². The Morgan fingerprint density at radius 1 is 1.44 bits per heavy atom. The molecular formula is C12H19F2N3O. The third kappa shape index (κ3) is 2.87. The lowest BCUT2D eigenvalue weighted by Gasteiger charge is -2.26. The fourth-order valence-corrected chi connectivity index (χ4v) is 2.61. The molecule has 0 unspecified atom stereocenters. The summed E-state index contributed by atoms with van der Waals surface area (Å²) in [5, 5.41) is 12.6. The number of aromatic nitrogens is 2. The normalized spacial score (nSPS) is 18.7. The molecule has 0 bridgehead atoms. The zero-order valence-corrected chi connectivity index (χ0v) is 10.3. The average Bonchev–Trinajstić information content (AvgIpc) is 2.98. The minimum absolute atomic E-state index is 0.0672. The van der Waals surface area contributed by atoms with Crippen molar-refractivity contribution in [1.29, 1.82) is 0 Å². The average molecular weight is 259 g/mol. The largest absolute Gasteiger partial charge is 0.396 e. The van der Waals surface area contributed by atoms with Gasteiger partial charge in [0.2, 0.25) is 0 Å². The molecule has 4 nitrogen and oxygen atoms in total. The van der Waals surface area contributed by atoms with Gasteiger partial charge in [0.05, 0.1) is 6.54 Å². The van der Waals surface area contributed by atoms with Crippen molar-refractivity contribution in [1.82, 2.24) is 14.9 Å².